The Morgan fingerprint density at radius 3 is 2.42 bits per heavy atom. The molecule has 1 nitrogen and oxygen atoms in total. The van der Waals surface area contributed by atoms with Crippen LogP contribution < -0.4 is 0 Å². The Labute approximate surface area is 193 Å². The van der Waals surface area contributed by atoms with E-state index in [-0.39, 0.29) is 6.10 Å². The third-order valence-corrected chi connectivity index (χ3v) is 11.5. The van der Waals surface area contributed by atoms with Gasteiger partial charge in [0.15, 0.2) is 0 Å². The lowest BCUT2D eigenvalue weighted by molar-refractivity contribution is -0.144. The molecule has 4 unspecified atom stereocenters. The van der Waals surface area contributed by atoms with Crippen LogP contribution in [0.1, 0.15) is 112 Å². The molecule has 0 aromatic heterocycles. The second-order valence-electron chi connectivity index (χ2n) is 13.5. The lowest BCUT2D eigenvalue weighted by Gasteiger charge is -2.62. The number of rotatable bonds is 7. The van der Waals surface area contributed by atoms with Crippen LogP contribution in [0.15, 0.2) is 12.7 Å². The Balaban J connectivity index is 1.48. The molecule has 1 N–H and O–H groups in total. The van der Waals surface area contributed by atoms with Gasteiger partial charge in [0.25, 0.3) is 0 Å². The molecule has 0 amide bonds. The van der Waals surface area contributed by atoms with Gasteiger partial charge in [0, 0.05) is 0 Å². The molecule has 4 rings (SSSR count). The maximum absolute atomic E-state index is 10.8. The monoisotopic (exact) mass is 428 g/mol. The predicted octanol–water partition coefficient (Wildman–Crippen LogP) is 8.27. The smallest absolute Gasteiger partial charge is 0.0574 e. The van der Waals surface area contributed by atoms with Gasteiger partial charge < -0.3 is 5.11 Å². The van der Waals surface area contributed by atoms with Crippen molar-refractivity contribution < 1.29 is 5.11 Å². The molecular formula is C30H52O. The van der Waals surface area contributed by atoms with Gasteiger partial charge in [-0.05, 0) is 116 Å². The van der Waals surface area contributed by atoms with Crippen LogP contribution in [0.3, 0.4) is 0 Å². The van der Waals surface area contributed by atoms with E-state index in [4.69, 9.17) is 0 Å². The van der Waals surface area contributed by atoms with Gasteiger partial charge in [-0.1, -0.05) is 60.0 Å². The third-order valence-electron chi connectivity index (χ3n) is 11.5. The molecule has 0 bridgehead atoms. The molecule has 0 radical (unpaired) electrons. The summed E-state index contributed by atoms with van der Waals surface area (Å²) in [6, 6.07) is 0. The van der Waals surface area contributed by atoms with E-state index in [1.807, 2.05) is 0 Å². The summed E-state index contributed by atoms with van der Waals surface area (Å²) in [6.07, 6.45) is 18.2. The van der Waals surface area contributed by atoms with Gasteiger partial charge in [-0.15, -0.1) is 6.58 Å². The fourth-order valence-electron chi connectivity index (χ4n) is 9.90. The fourth-order valence-corrected chi connectivity index (χ4v) is 9.90. The molecule has 0 aromatic carbocycles. The fraction of sp³-hybridized carbons (Fsp3) is 0.933. The zero-order valence-corrected chi connectivity index (χ0v) is 21.4. The molecule has 0 saturated heterocycles. The lowest BCUT2D eigenvalue weighted by Crippen LogP contribution is -2.55. The number of aliphatic hydroxyl groups is 1. The molecule has 0 aliphatic heterocycles. The van der Waals surface area contributed by atoms with Crippen molar-refractivity contribution in [1.29, 1.82) is 0 Å². The first-order valence-corrected chi connectivity index (χ1v) is 14.0. The van der Waals surface area contributed by atoms with Crippen LogP contribution in [0.4, 0.5) is 0 Å². The maximum atomic E-state index is 10.8. The maximum Gasteiger partial charge on any atom is 0.0574 e. The highest BCUT2D eigenvalue weighted by Gasteiger charge is 2.61. The van der Waals surface area contributed by atoms with E-state index in [9.17, 15) is 5.11 Å². The number of hydrogen-bond acceptors (Lipinski definition) is 1. The first-order valence-electron chi connectivity index (χ1n) is 14.0. The van der Waals surface area contributed by atoms with Gasteiger partial charge in [-0.3, -0.25) is 0 Å². The van der Waals surface area contributed by atoms with E-state index in [1.54, 1.807) is 0 Å². The number of allylic oxidation sites excluding steroid dienone is 1. The van der Waals surface area contributed by atoms with E-state index in [1.165, 1.54) is 64.2 Å². The van der Waals surface area contributed by atoms with Crippen molar-refractivity contribution in [3.63, 3.8) is 0 Å². The SMILES string of the molecule is C=CC[C@@H]1C[C@@]2(C)C(CCC3C2CC[C@@]2(C)C3CC[C@@H]2[C@H](C)CCCC(C)C)C[C@H]1O. The Bertz CT molecular complexity index is 624. The molecule has 4 aliphatic carbocycles. The molecule has 4 saturated carbocycles. The van der Waals surface area contributed by atoms with Crippen molar-refractivity contribution in [2.45, 2.75) is 118 Å². The molecule has 0 aromatic rings. The van der Waals surface area contributed by atoms with Crippen molar-refractivity contribution in [3.05, 3.63) is 12.7 Å². The number of aliphatic hydroxyl groups excluding tert-OH is 1. The van der Waals surface area contributed by atoms with Gasteiger partial charge in [0.05, 0.1) is 6.10 Å². The molecule has 4 aliphatic rings. The zero-order chi connectivity index (χ0) is 22.4. The molecule has 0 heterocycles. The van der Waals surface area contributed by atoms with E-state index in [0.29, 0.717) is 16.7 Å². The summed E-state index contributed by atoms with van der Waals surface area (Å²) < 4.78 is 0. The molecule has 31 heavy (non-hydrogen) atoms. The minimum absolute atomic E-state index is 0.0935. The number of fused-ring (bicyclic) bond motifs is 5. The van der Waals surface area contributed by atoms with Gasteiger partial charge in [0.1, 0.15) is 0 Å². The normalized spacial score (nSPS) is 48.0. The highest BCUT2D eigenvalue weighted by atomic mass is 16.3. The zero-order valence-electron chi connectivity index (χ0n) is 21.4. The second-order valence-corrected chi connectivity index (χ2v) is 13.5. The van der Waals surface area contributed by atoms with Crippen molar-refractivity contribution in [1.82, 2.24) is 0 Å². The molecule has 4 fully saturated rings. The van der Waals surface area contributed by atoms with E-state index in [0.717, 1.165) is 54.3 Å². The average Bonchev–Trinajstić information content (AvgIpc) is 3.06. The first-order chi connectivity index (χ1) is 14.7. The highest BCUT2D eigenvalue weighted by Crippen LogP contribution is 2.68. The van der Waals surface area contributed by atoms with Gasteiger partial charge in [-0.25, -0.2) is 0 Å². The van der Waals surface area contributed by atoms with E-state index in [2.05, 4.69) is 47.3 Å². The van der Waals surface area contributed by atoms with Crippen molar-refractivity contribution >= 4 is 0 Å². The Kier molecular flexibility index (Phi) is 7.04. The largest absolute Gasteiger partial charge is 0.393 e. The summed E-state index contributed by atoms with van der Waals surface area (Å²) in [5.74, 6) is 6.73. The molecule has 10 atom stereocenters. The summed E-state index contributed by atoms with van der Waals surface area (Å²) in [6.45, 7) is 16.7. The van der Waals surface area contributed by atoms with Crippen molar-refractivity contribution in [2.24, 2.45) is 58.2 Å². The van der Waals surface area contributed by atoms with Crippen LogP contribution in [0.2, 0.25) is 0 Å². The van der Waals surface area contributed by atoms with Crippen molar-refractivity contribution in [2.75, 3.05) is 0 Å². The number of hydrogen-bond donors (Lipinski definition) is 1. The van der Waals surface area contributed by atoms with E-state index < -0.39 is 0 Å². The van der Waals surface area contributed by atoms with Crippen LogP contribution in [0, 0.1) is 58.2 Å². The van der Waals surface area contributed by atoms with Crippen LogP contribution in [-0.2, 0) is 0 Å². The lowest BCUT2D eigenvalue weighted by atomic mass is 9.43. The summed E-state index contributed by atoms with van der Waals surface area (Å²) in [4.78, 5) is 0. The van der Waals surface area contributed by atoms with Crippen LogP contribution in [0.5, 0.6) is 0 Å². The molecule has 178 valence electrons. The molecule has 0 spiro atoms. The summed E-state index contributed by atoms with van der Waals surface area (Å²) in [5, 5.41) is 10.8. The Hall–Kier alpha value is -0.300. The minimum atomic E-state index is -0.0935. The van der Waals surface area contributed by atoms with Gasteiger partial charge in [0.2, 0.25) is 0 Å². The third kappa shape index (κ3) is 4.20. The van der Waals surface area contributed by atoms with E-state index >= 15 is 0 Å². The van der Waals surface area contributed by atoms with Gasteiger partial charge in [-0.2, -0.15) is 0 Å². The molecular weight excluding hydrogens is 376 g/mol. The summed E-state index contributed by atoms with van der Waals surface area (Å²) >= 11 is 0. The van der Waals surface area contributed by atoms with Crippen molar-refractivity contribution in [3.8, 4) is 0 Å². The van der Waals surface area contributed by atoms with Crippen LogP contribution >= 0.6 is 0 Å². The second kappa shape index (κ2) is 9.15. The van der Waals surface area contributed by atoms with Crippen LogP contribution in [-0.4, -0.2) is 11.2 Å². The molecule has 1 heteroatoms. The standard InChI is InChI=1S/C30H52O/c1-7-9-22-19-30(6)23(18-28(22)31)12-13-24-26-15-14-25(21(4)11-8-10-20(2)3)29(26,5)17-16-27(24)30/h7,20-28,31H,1,8-19H2,2-6H3/t21-,22-,23?,24?,25-,26?,27?,28-,29-,30+/m1/s1. The first kappa shape index (κ1) is 23.8. The topological polar surface area (TPSA) is 20.2 Å². The van der Waals surface area contributed by atoms with Crippen LogP contribution in [0.25, 0.3) is 0 Å². The quantitative estimate of drug-likeness (QED) is 0.404. The average molecular weight is 429 g/mol. The summed E-state index contributed by atoms with van der Waals surface area (Å²) in [7, 11) is 0. The minimum Gasteiger partial charge on any atom is -0.393 e. The highest BCUT2D eigenvalue weighted by molar-refractivity contribution is 5.10. The van der Waals surface area contributed by atoms with Gasteiger partial charge >= 0.3 is 0 Å². The summed E-state index contributed by atoms with van der Waals surface area (Å²) in [5.41, 5.74) is 1.05. The Morgan fingerprint density at radius 2 is 1.71 bits per heavy atom. The Morgan fingerprint density at radius 1 is 0.968 bits per heavy atom. The predicted molar refractivity (Wildman–Crippen MR) is 133 cm³/mol.